The van der Waals surface area contributed by atoms with Crippen LogP contribution in [0.1, 0.15) is 34.1 Å². The molecule has 1 aromatic carbocycles. The third-order valence-electron chi connectivity index (χ3n) is 4.12. The lowest BCUT2D eigenvalue weighted by atomic mass is 9.88. The summed E-state index contributed by atoms with van der Waals surface area (Å²) in [4.78, 5) is 14.0. The van der Waals surface area contributed by atoms with E-state index in [-0.39, 0.29) is 5.91 Å². The lowest BCUT2D eigenvalue weighted by Gasteiger charge is -2.19. The normalized spacial score (nSPS) is 17.2. The fraction of sp³-hybridized carbons (Fsp3) is 0.353. The minimum Gasteiger partial charge on any atom is -0.320 e. The van der Waals surface area contributed by atoms with Crippen LogP contribution >= 0.6 is 11.3 Å². The monoisotopic (exact) mass is 364 g/mol. The second-order valence-electron chi connectivity index (χ2n) is 6.27. The number of hydrogen-bond donors (Lipinski definition) is 2. The van der Waals surface area contributed by atoms with Gasteiger partial charge < -0.3 is 5.32 Å². The van der Waals surface area contributed by atoms with Gasteiger partial charge in [0.1, 0.15) is 0 Å². The van der Waals surface area contributed by atoms with Gasteiger partial charge in [0.15, 0.2) is 0 Å². The highest BCUT2D eigenvalue weighted by atomic mass is 32.2. The fourth-order valence-corrected chi connectivity index (χ4v) is 4.76. The predicted molar refractivity (Wildman–Crippen MR) is 98.4 cm³/mol. The number of fused-ring (bicyclic) bond motifs is 1. The van der Waals surface area contributed by atoms with E-state index in [4.69, 9.17) is 0 Å². The van der Waals surface area contributed by atoms with Crippen molar-refractivity contribution < 1.29 is 13.2 Å². The van der Waals surface area contributed by atoms with Crippen molar-refractivity contribution in [1.29, 1.82) is 0 Å². The molecule has 1 aromatic heterocycles. The van der Waals surface area contributed by atoms with Crippen molar-refractivity contribution in [3.63, 3.8) is 0 Å². The molecule has 1 atom stereocenters. The number of sulfonamides is 1. The van der Waals surface area contributed by atoms with Crippen LogP contribution in [0.3, 0.4) is 0 Å². The van der Waals surface area contributed by atoms with Gasteiger partial charge in [0.25, 0.3) is 5.91 Å². The average molecular weight is 364 g/mol. The molecule has 7 heteroatoms. The summed E-state index contributed by atoms with van der Waals surface area (Å²) in [6.07, 6.45) is 4.13. The largest absolute Gasteiger partial charge is 0.320 e. The summed E-state index contributed by atoms with van der Waals surface area (Å²) in [7, 11) is -3.41. The lowest BCUT2D eigenvalue weighted by Crippen LogP contribution is -2.18. The number of benzene rings is 1. The molecule has 1 heterocycles. The summed E-state index contributed by atoms with van der Waals surface area (Å²) in [5.74, 6) is 0.469. The number of anilines is 2. The number of carbonyl (C=O) groups is 1. The second kappa shape index (κ2) is 6.57. The maximum Gasteiger partial charge on any atom is 0.256 e. The van der Waals surface area contributed by atoms with E-state index in [1.165, 1.54) is 4.88 Å². The number of para-hydroxylation sites is 2. The van der Waals surface area contributed by atoms with E-state index >= 15 is 0 Å². The standard InChI is InChI=1S/C17H20N2O3S2/c1-11-7-8-12-13(10-23-16(12)9-11)17(20)18-14-5-3-4-6-15(14)19-24(2,21)22/h3-6,10-11,19H,7-9H2,1-2H3,(H,18,20). The first kappa shape index (κ1) is 17.0. The van der Waals surface area contributed by atoms with Crippen molar-refractivity contribution in [2.75, 3.05) is 16.3 Å². The highest BCUT2D eigenvalue weighted by molar-refractivity contribution is 7.92. The highest BCUT2D eigenvalue weighted by Gasteiger charge is 2.23. The molecule has 2 N–H and O–H groups in total. The third-order valence-corrected chi connectivity index (χ3v) is 5.76. The summed E-state index contributed by atoms with van der Waals surface area (Å²) in [5, 5.41) is 4.75. The molecular formula is C17H20N2O3S2. The quantitative estimate of drug-likeness (QED) is 0.872. The predicted octanol–water partition coefficient (Wildman–Crippen LogP) is 3.50. The molecular weight excluding hydrogens is 344 g/mol. The van der Waals surface area contributed by atoms with Crippen molar-refractivity contribution in [2.45, 2.75) is 26.2 Å². The van der Waals surface area contributed by atoms with Crippen LogP contribution in [0.15, 0.2) is 29.6 Å². The minimum absolute atomic E-state index is 0.190. The SMILES string of the molecule is CC1CCc2c(C(=O)Nc3ccccc3NS(C)(=O)=O)csc2C1. The Kier molecular flexibility index (Phi) is 4.64. The molecule has 0 radical (unpaired) electrons. The molecule has 0 spiro atoms. The summed E-state index contributed by atoms with van der Waals surface area (Å²) < 4.78 is 25.4. The zero-order valence-electron chi connectivity index (χ0n) is 13.6. The highest BCUT2D eigenvalue weighted by Crippen LogP contribution is 2.33. The van der Waals surface area contributed by atoms with E-state index in [2.05, 4.69) is 17.0 Å². The molecule has 1 unspecified atom stereocenters. The zero-order valence-corrected chi connectivity index (χ0v) is 15.3. The van der Waals surface area contributed by atoms with Crippen LogP contribution < -0.4 is 10.0 Å². The number of nitrogens with one attached hydrogen (secondary N) is 2. The van der Waals surface area contributed by atoms with Gasteiger partial charge in [-0.15, -0.1) is 11.3 Å². The molecule has 128 valence electrons. The molecule has 5 nitrogen and oxygen atoms in total. The number of hydrogen-bond acceptors (Lipinski definition) is 4. The first-order valence-electron chi connectivity index (χ1n) is 7.81. The Morgan fingerprint density at radius 1 is 1.25 bits per heavy atom. The second-order valence-corrected chi connectivity index (χ2v) is 8.99. The topological polar surface area (TPSA) is 75.3 Å². The van der Waals surface area contributed by atoms with Crippen molar-refractivity contribution >= 4 is 38.6 Å². The van der Waals surface area contributed by atoms with Crippen molar-refractivity contribution in [1.82, 2.24) is 0 Å². The molecule has 1 aliphatic carbocycles. The smallest absolute Gasteiger partial charge is 0.256 e. The van der Waals surface area contributed by atoms with Gasteiger partial charge in [-0.2, -0.15) is 0 Å². The molecule has 0 fully saturated rings. The third kappa shape index (κ3) is 3.79. The Morgan fingerprint density at radius 2 is 1.96 bits per heavy atom. The van der Waals surface area contributed by atoms with Crippen molar-refractivity contribution in [3.05, 3.63) is 45.6 Å². The van der Waals surface area contributed by atoms with Gasteiger partial charge in [0, 0.05) is 10.3 Å². The van der Waals surface area contributed by atoms with Crippen LogP contribution in [0.4, 0.5) is 11.4 Å². The van der Waals surface area contributed by atoms with Crippen molar-refractivity contribution in [3.8, 4) is 0 Å². The molecule has 24 heavy (non-hydrogen) atoms. The van der Waals surface area contributed by atoms with Gasteiger partial charge in [-0.05, 0) is 42.9 Å². The van der Waals surface area contributed by atoms with Gasteiger partial charge >= 0.3 is 0 Å². The summed E-state index contributed by atoms with van der Waals surface area (Å²) in [5.41, 5.74) is 2.67. The Bertz CT molecular complexity index is 872. The van der Waals surface area contributed by atoms with Crippen LogP contribution in [-0.2, 0) is 22.9 Å². The summed E-state index contributed by atoms with van der Waals surface area (Å²) >= 11 is 1.64. The van der Waals surface area contributed by atoms with E-state index in [0.29, 0.717) is 22.9 Å². The summed E-state index contributed by atoms with van der Waals surface area (Å²) in [6.45, 7) is 2.23. The van der Waals surface area contributed by atoms with Crippen molar-refractivity contribution in [2.24, 2.45) is 5.92 Å². The minimum atomic E-state index is -3.41. The molecule has 0 aliphatic heterocycles. The van der Waals surface area contributed by atoms with Crippen LogP contribution in [0.25, 0.3) is 0 Å². The van der Waals surface area contributed by atoms with E-state index in [9.17, 15) is 13.2 Å². The Morgan fingerprint density at radius 3 is 2.67 bits per heavy atom. The van der Waals surface area contributed by atoms with Crippen LogP contribution in [0.5, 0.6) is 0 Å². The lowest BCUT2D eigenvalue weighted by molar-refractivity contribution is 0.102. The van der Waals surface area contributed by atoms with Gasteiger partial charge in [0.2, 0.25) is 10.0 Å². The molecule has 1 amide bonds. The summed E-state index contributed by atoms with van der Waals surface area (Å²) in [6, 6.07) is 6.79. The molecule has 2 aromatic rings. The number of carbonyl (C=O) groups excluding carboxylic acids is 1. The average Bonchev–Trinajstić information content (AvgIpc) is 2.90. The molecule has 0 saturated carbocycles. The van der Waals surface area contributed by atoms with Crippen LogP contribution in [0, 0.1) is 5.92 Å². The fourth-order valence-electron chi connectivity index (χ4n) is 2.94. The zero-order chi connectivity index (χ0) is 17.3. The molecule has 0 bridgehead atoms. The first-order chi connectivity index (χ1) is 11.3. The number of thiophene rings is 1. The number of rotatable bonds is 4. The molecule has 3 rings (SSSR count). The van der Waals surface area contributed by atoms with Gasteiger partial charge in [-0.1, -0.05) is 19.1 Å². The van der Waals surface area contributed by atoms with Crippen LogP contribution in [0.2, 0.25) is 0 Å². The van der Waals surface area contributed by atoms with E-state index < -0.39 is 10.0 Å². The number of amides is 1. The van der Waals surface area contributed by atoms with Gasteiger partial charge in [0.05, 0.1) is 23.2 Å². The Balaban J connectivity index is 1.84. The molecule has 0 saturated heterocycles. The van der Waals surface area contributed by atoms with Gasteiger partial charge in [-0.3, -0.25) is 9.52 Å². The molecule has 1 aliphatic rings. The Hall–Kier alpha value is -1.86. The first-order valence-corrected chi connectivity index (χ1v) is 10.6. The van der Waals surface area contributed by atoms with E-state index in [1.807, 2.05) is 5.38 Å². The van der Waals surface area contributed by atoms with E-state index in [1.54, 1.807) is 35.6 Å². The van der Waals surface area contributed by atoms with Crippen LogP contribution in [-0.4, -0.2) is 20.6 Å². The maximum atomic E-state index is 12.7. The van der Waals surface area contributed by atoms with Gasteiger partial charge in [-0.25, -0.2) is 8.42 Å². The van der Waals surface area contributed by atoms with E-state index in [0.717, 1.165) is 31.1 Å². The Labute approximate surface area is 146 Å². The maximum absolute atomic E-state index is 12.7.